The molecule has 2 aliphatic rings. The van der Waals surface area contributed by atoms with Gasteiger partial charge in [-0.1, -0.05) is 23.9 Å². The molecule has 0 spiro atoms. The summed E-state index contributed by atoms with van der Waals surface area (Å²) in [5.41, 5.74) is 1.86. The molecule has 2 aliphatic heterocycles. The summed E-state index contributed by atoms with van der Waals surface area (Å²) in [6, 6.07) is 14.0. The fourth-order valence-electron chi connectivity index (χ4n) is 4.63. The van der Waals surface area contributed by atoms with Crippen LogP contribution in [-0.4, -0.2) is 75.3 Å². The lowest BCUT2D eigenvalue weighted by atomic mass is 9.98. The van der Waals surface area contributed by atoms with Gasteiger partial charge in [0.2, 0.25) is 0 Å². The number of aryl methyl sites for hydroxylation is 1. The van der Waals surface area contributed by atoms with Crippen molar-refractivity contribution in [1.82, 2.24) is 4.57 Å². The molecule has 0 unspecified atom stereocenters. The number of nitrogens with zero attached hydrogens (tertiary/aromatic N) is 1. The first kappa shape index (κ1) is 24.6. The van der Waals surface area contributed by atoms with Crippen LogP contribution in [0.15, 0.2) is 58.5 Å². The predicted octanol–water partition coefficient (Wildman–Crippen LogP) is 2.63. The summed E-state index contributed by atoms with van der Waals surface area (Å²) >= 11 is 1.58. The van der Waals surface area contributed by atoms with Crippen molar-refractivity contribution >= 4 is 22.7 Å². The Morgan fingerprint density at radius 1 is 1.00 bits per heavy atom. The third-order valence-corrected chi connectivity index (χ3v) is 7.67. The summed E-state index contributed by atoms with van der Waals surface area (Å²) in [4.78, 5) is 1.98. The highest BCUT2D eigenvalue weighted by molar-refractivity contribution is 7.99. The monoisotopic (exact) mass is 501 g/mol. The summed E-state index contributed by atoms with van der Waals surface area (Å²) < 4.78 is 19.1. The fourth-order valence-corrected chi connectivity index (χ4v) is 5.61. The van der Waals surface area contributed by atoms with Gasteiger partial charge in [-0.05, 0) is 42.8 Å². The number of hydrogen-bond donors (Lipinski definition) is 4. The van der Waals surface area contributed by atoms with Gasteiger partial charge in [-0.25, -0.2) is 0 Å². The first-order valence-electron chi connectivity index (χ1n) is 11.9. The van der Waals surface area contributed by atoms with Crippen LogP contribution >= 0.6 is 11.8 Å². The van der Waals surface area contributed by atoms with Crippen molar-refractivity contribution in [3.63, 3.8) is 0 Å². The highest BCUT2D eigenvalue weighted by Gasteiger charge is 2.44. The quantitative estimate of drug-likeness (QED) is 0.408. The van der Waals surface area contributed by atoms with Crippen LogP contribution in [0.25, 0.3) is 10.9 Å². The fraction of sp³-hybridized carbons (Fsp3) is 0.462. The second kappa shape index (κ2) is 10.5. The van der Waals surface area contributed by atoms with Crippen LogP contribution in [0, 0.1) is 6.92 Å². The molecule has 3 aromatic rings. The highest BCUT2D eigenvalue weighted by atomic mass is 32.2. The van der Waals surface area contributed by atoms with E-state index in [-0.39, 0.29) is 6.10 Å². The van der Waals surface area contributed by atoms with E-state index >= 15 is 0 Å². The van der Waals surface area contributed by atoms with Gasteiger partial charge in [0.15, 0.2) is 6.23 Å². The van der Waals surface area contributed by atoms with E-state index in [1.807, 2.05) is 55.6 Å². The van der Waals surface area contributed by atoms with Crippen LogP contribution in [0.3, 0.4) is 0 Å². The van der Waals surface area contributed by atoms with E-state index in [0.29, 0.717) is 0 Å². The second-order valence-corrected chi connectivity index (χ2v) is 10.3. The minimum atomic E-state index is -1.44. The van der Waals surface area contributed by atoms with E-state index in [9.17, 15) is 20.4 Å². The number of fused-ring (bicyclic) bond motifs is 1. The number of aliphatic hydroxyl groups is 4. The molecule has 0 saturated carbocycles. The SMILES string of the molecule is Cc1ccc2c(Sc3ccc(OC4CCOCC4)cc3)cn([C@@H]3O[C@H](CO)[C@@H](O)[C@H](O)[C@H]3O)c2c1. The Hall–Kier alpha value is -2.11. The van der Waals surface area contributed by atoms with Gasteiger partial charge >= 0.3 is 0 Å². The molecule has 4 N–H and O–H groups in total. The van der Waals surface area contributed by atoms with Gasteiger partial charge in [0.05, 0.1) is 25.3 Å². The summed E-state index contributed by atoms with van der Waals surface area (Å²) in [6.45, 7) is 2.98. The molecule has 3 heterocycles. The molecule has 2 aromatic carbocycles. The zero-order valence-corrected chi connectivity index (χ0v) is 20.3. The minimum absolute atomic E-state index is 0.182. The van der Waals surface area contributed by atoms with Crippen molar-refractivity contribution in [2.45, 2.75) is 66.3 Å². The molecule has 188 valence electrons. The molecular formula is C26H31NO7S. The van der Waals surface area contributed by atoms with Gasteiger partial charge in [0.25, 0.3) is 0 Å². The van der Waals surface area contributed by atoms with E-state index in [0.717, 1.165) is 58.1 Å². The van der Waals surface area contributed by atoms with Crippen LogP contribution in [-0.2, 0) is 9.47 Å². The Balaban J connectivity index is 1.41. The third kappa shape index (κ3) is 5.08. The topological polar surface area (TPSA) is 114 Å². The Labute approximate surface area is 208 Å². The Bertz CT molecular complexity index is 1140. The van der Waals surface area contributed by atoms with Crippen molar-refractivity contribution in [2.75, 3.05) is 19.8 Å². The molecule has 0 radical (unpaired) electrons. The van der Waals surface area contributed by atoms with Crippen LogP contribution in [0.4, 0.5) is 0 Å². The average molecular weight is 502 g/mol. The van der Waals surface area contributed by atoms with Gasteiger partial charge < -0.3 is 39.2 Å². The second-order valence-electron chi connectivity index (χ2n) is 9.14. The number of rotatable bonds is 6. The zero-order chi connectivity index (χ0) is 24.5. The Kier molecular flexibility index (Phi) is 7.36. The van der Waals surface area contributed by atoms with Crippen molar-refractivity contribution in [2.24, 2.45) is 0 Å². The zero-order valence-electron chi connectivity index (χ0n) is 19.5. The molecule has 0 aliphatic carbocycles. The van der Waals surface area contributed by atoms with E-state index in [1.54, 1.807) is 16.3 Å². The van der Waals surface area contributed by atoms with Crippen molar-refractivity contribution in [3.05, 3.63) is 54.2 Å². The van der Waals surface area contributed by atoms with Crippen LogP contribution < -0.4 is 4.74 Å². The number of aliphatic hydroxyl groups excluding tert-OH is 4. The largest absolute Gasteiger partial charge is 0.490 e. The average Bonchev–Trinajstić information content (AvgIpc) is 3.21. The van der Waals surface area contributed by atoms with Gasteiger partial charge in [-0.3, -0.25) is 0 Å². The molecular weight excluding hydrogens is 470 g/mol. The van der Waals surface area contributed by atoms with E-state index in [2.05, 4.69) is 0 Å². The van der Waals surface area contributed by atoms with E-state index in [1.165, 1.54) is 0 Å². The van der Waals surface area contributed by atoms with Crippen molar-refractivity contribution in [3.8, 4) is 5.75 Å². The Morgan fingerprint density at radius 3 is 2.46 bits per heavy atom. The number of ether oxygens (including phenoxy) is 3. The van der Waals surface area contributed by atoms with Crippen LogP contribution in [0.5, 0.6) is 5.75 Å². The lowest BCUT2D eigenvalue weighted by Gasteiger charge is -2.40. The van der Waals surface area contributed by atoms with Crippen molar-refractivity contribution in [1.29, 1.82) is 0 Å². The summed E-state index contributed by atoms with van der Waals surface area (Å²) in [5, 5.41) is 41.8. The molecule has 2 saturated heterocycles. The summed E-state index contributed by atoms with van der Waals surface area (Å²) in [7, 11) is 0. The van der Waals surface area contributed by atoms with Crippen LogP contribution in [0.1, 0.15) is 24.6 Å². The standard InChI is InChI=1S/C26H31NO7S/c1-15-2-7-19-20(12-15)27(26-25(31)24(30)23(29)21(14-28)34-26)13-22(19)35-18-5-3-16(4-6-18)33-17-8-10-32-11-9-17/h2-7,12-13,17,21,23-26,28-31H,8-11,14H2,1H3/t21-,23-,24+,25-,26-/m1/s1. The van der Waals surface area contributed by atoms with Crippen LogP contribution in [0.2, 0.25) is 0 Å². The first-order valence-corrected chi connectivity index (χ1v) is 12.7. The number of aromatic nitrogens is 1. The highest BCUT2D eigenvalue weighted by Crippen LogP contribution is 2.39. The molecule has 35 heavy (non-hydrogen) atoms. The van der Waals surface area contributed by atoms with Gasteiger partial charge in [0.1, 0.15) is 36.3 Å². The predicted molar refractivity (Wildman–Crippen MR) is 131 cm³/mol. The number of hydrogen-bond acceptors (Lipinski definition) is 8. The van der Waals surface area contributed by atoms with Gasteiger partial charge in [0, 0.05) is 34.2 Å². The first-order chi connectivity index (χ1) is 16.9. The normalized spacial score (nSPS) is 27.9. The summed E-state index contributed by atoms with van der Waals surface area (Å²) in [6.07, 6.45) is -2.27. The molecule has 0 amide bonds. The minimum Gasteiger partial charge on any atom is -0.490 e. The maximum absolute atomic E-state index is 10.7. The summed E-state index contributed by atoms with van der Waals surface area (Å²) in [5.74, 6) is 0.834. The molecule has 2 fully saturated rings. The lowest BCUT2D eigenvalue weighted by Crippen LogP contribution is -2.56. The van der Waals surface area contributed by atoms with Gasteiger partial charge in [-0.2, -0.15) is 0 Å². The maximum atomic E-state index is 10.7. The number of benzene rings is 2. The molecule has 5 rings (SSSR count). The van der Waals surface area contributed by atoms with Gasteiger partial charge in [-0.15, -0.1) is 0 Å². The molecule has 8 nitrogen and oxygen atoms in total. The Morgan fingerprint density at radius 2 is 1.74 bits per heavy atom. The molecule has 0 bridgehead atoms. The smallest absolute Gasteiger partial charge is 0.163 e. The van der Waals surface area contributed by atoms with E-state index < -0.39 is 37.3 Å². The molecule has 9 heteroatoms. The maximum Gasteiger partial charge on any atom is 0.163 e. The lowest BCUT2D eigenvalue weighted by molar-refractivity contribution is -0.250. The van der Waals surface area contributed by atoms with Crippen molar-refractivity contribution < 1.29 is 34.6 Å². The third-order valence-electron chi connectivity index (χ3n) is 6.62. The van der Waals surface area contributed by atoms with E-state index in [4.69, 9.17) is 14.2 Å². The molecule has 1 aromatic heterocycles. The molecule has 5 atom stereocenters.